The van der Waals surface area contributed by atoms with E-state index < -0.39 is 22.0 Å². The SMILES string of the molecule is CCOC(=O)[C@@H]1CCCCN1S(=O)(=O)c1ccc2c(c1)CCO2. The second-order valence-electron chi connectivity index (χ2n) is 5.75. The number of nitrogens with zero attached hydrogens (tertiary/aromatic N) is 1. The Hall–Kier alpha value is -1.60. The molecule has 2 aliphatic heterocycles. The van der Waals surface area contributed by atoms with Gasteiger partial charge in [0.05, 0.1) is 18.1 Å². The van der Waals surface area contributed by atoms with E-state index in [0.29, 0.717) is 26.0 Å². The zero-order valence-electron chi connectivity index (χ0n) is 13.2. The molecule has 7 heteroatoms. The molecule has 2 aliphatic rings. The van der Waals surface area contributed by atoms with E-state index in [-0.39, 0.29) is 11.5 Å². The molecule has 1 aromatic carbocycles. The molecular formula is C16H21NO5S. The average Bonchev–Trinajstić information content (AvgIpc) is 3.02. The van der Waals surface area contributed by atoms with Gasteiger partial charge in [0.25, 0.3) is 0 Å². The van der Waals surface area contributed by atoms with Gasteiger partial charge < -0.3 is 9.47 Å². The second kappa shape index (κ2) is 6.49. The van der Waals surface area contributed by atoms with Crippen LogP contribution in [0.4, 0.5) is 0 Å². The van der Waals surface area contributed by atoms with Crippen LogP contribution in [-0.2, 0) is 26.0 Å². The summed E-state index contributed by atoms with van der Waals surface area (Å²) in [6, 6.07) is 4.18. The van der Waals surface area contributed by atoms with Gasteiger partial charge in [-0.15, -0.1) is 0 Å². The van der Waals surface area contributed by atoms with Crippen LogP contribution in [0, 0.1) is 0 Å². The first-order valence-electron chi connectivity index (χ1n) is 7.98. The Morgan fingerprint density at radius 3 is 3.00 bits per heavy atom. The van der Waals surface area contributed by atoms with Crippen molar-refractivity contribution in [2.45, 2.75) is 43.5 Å². The van der Waals surface area contributed by atoms with E-state index in [1.807, 2.05) is 0 Å². The Balaban J connectivity index is 1.92. The van der Waals surface area contributed by atoms with Crippen molar-refractivity contribution in [3.05, 3.63) is 23.8 Å². The number of ether oxygens (including phenoxy) is 2. The lowest BCUT2D eigenvalue weighted by atomic mass is 10.1. The van der Waals surface area contributed by atoms with Gasteiger partial charge in [-0.1, -0.05) is 0 Å². The van der Waals surface area contributed by atoms with Crippen molar-refractivity contribution in [3.63, 3.8) is 0 Å². The summed E-state index contributed by atoms with van der Waals surface area (Å²) in [7, 11) is -3.72. The number of hydrogen-bond acceptors (Lipinski definition) is 5. The minimum absolute atomic E-state index is 0.220. The predicted octanol–water partition coefficient (Wildman–Crippen LogP) is 1.73. The molecule has 0 aromatic heterocycles. The fourth-order valence-corrected chi connectivity index (χ4v) is 4.82. The van der Waals surface area contributed by atoms with E-state index in [9.17, 15) is 13.2 Å². The zero-order chi connectivity index (χ0) is 16.4. The number of sulfonamides is 1. The summed E-state index contributed by atoms with van der Waals surface area (Å²) in [6.45, 7) is 2.90. The molecule has 6 nitrogen and oxygen atoms in total. The van der Waals surface area contributed by atoms with Gasteiger partial charge in [-0.25, -0.2) is 8.42 Å². The highest BCUT2D eigenvalue weighted by Crippen LogP contribution is 2.31. The number of benzene rings is 1. The molecule has 0 aliphatic carbocycles. The van der Waals surface area contributed by atoms with Gasteiger partial charge in [0.15, 0.2) is 0 Å². The Morgan fingerprint density at radius 1 is 1.39 bits per heavy atom. The highest BCUT2D eigenvalue weighted by molar-refractivity contribution is 7.89. The van der Waals surface area contributed by atoms with Crippen molar-refractivity contribution >= 4 is 16.0 Å². The number of rotatable bonds is 4. The van der Waals surface area contributed by atoms with Crippen molar-refractivity contribution in [1.29, 1.82) is 0 Å². The highest BCUT2D eigenvalue weighted by atomic mass is 32.2. The molecule has 1 saturated heterocycles. The van der Waals surface area contributed by atoms with Gasteiger partial charge in [0.2, 0.25) is 10.0 Å². The number of piperidine rings is 1. The van der Waals surface area contributed by atoms with Crippen LogP contribution < -0.4 is 4.74 Å². The fraction of sp³-hybridized carbons (Fsp3) is 0.562. The maximum absolute atomic E-state index is 13.0. The Bertz CT molecular complexity index is 700. The van der Waals surface area contributed by atoms with E-state index in [1.165, 1.54) is 4.31 Å². The normalized spacial score (nSPS) is 21.5. The van der Waals surface area contributed by atoms with Crippen LogP contribution >= 0.6 is 0 Å². The molecule has 3 rings (SSSR count). The molecule has 0 radical (unpaired) electrons. The summed E-state index contributed by atoms with van der Waals surface area (Å²) in [6.07, 6.45) is 2.79. The largest absolute Gasteiger partial charge is 0.493 e. The maximum atomic E-state index is 13.0. The monoisotopic (exact) mass is 339 g/mol. The van der Waals surface area contributed by atoms with Crippen molar-refractivity contribution in [1.82, 2.24) is 4.31 Å². The lowest BCUT2D eigenvalue weighted by Gasteiger charge is -2.33. The third kappa shape index (κ3) is 3.07. The maximum Gasteiger partial charge on any atom is 0.324 e. The highest BCUT2D eigenvalue weighted by Gasteiger charge is 2.38. The van der Waals surface area contributed by atoms with Gasteiger partial charge in [-0.3, -0.25) is 4.79 Å². The van der Waals surface area contributed by atoms with Crippen LogP contribution in [0.25, 0.3) is 0 Å². The number of fused-ring (bicyclic) bond motifs is 1. The van der Waals surface area contributed by atoms with Crippen molar-refractivity contribution in [2.75, 3.05) is 19.8 Å². The second-order valence-corrected chi connectivity index (χ2v) is 7.64. The fourth-order valence-electron chi connectivity index (χ4n) is 3.13. The van der Waals surface area contributed by atoms with E-state index in [4.69, 9.17) is 9.47 Å². The first-order chi connectivity index (χ1) is 11.0. The summed E-state index contributed by atoms with van der Waals surface area (Å²) >= 11 is 0. The third-order valence-electron chi connectivity index (χ3n) is 4.28. The summed E-state index contributed by atoms with van der Waals surface area (Å²) < 4.78 is 37.7. The third-order valence-corrected chi connectivity index (χ3v) is 6.18. The zero-order valence-corrected chi connectivity index (χ0v) is 14.0. The van der Waals surface area contributed by atoms with Crippen molar-refractivity contribution in [2.24, 2.45) is 0 Å². The molecule has 0 spiro atoms. The Morgan fingerprint density at radius 2 is 2.22 bits per heavy atom. The van der Waals surface area contributed by atoms with Crippen LogP contribution in [0.5, 0.6) is 5.75 Å². The minimum atomic E-state index is -3.72. The lowest BCUT2D eigenvalue weighted by Crippen LogP contribution is -2.48. The van der Waals surface area contributed by atoms with E-state index in [1.54, 1.807) is 25.1 Å². The first-order valence-corrected chi connectivity index (χ1v) is 9.42. The van der Waals surface area contributed by atoms with Gasteiger partial charge in [-0.05, 0) is 49.9 Å². The van der Waals surface area contributed by atoms with Gasteiger partial charge in [-0.2, -0.15) is 4.31 Å². The average molecular weight is 339 g/mol. The molecule has 0 N–H and O–H groups in total. The molecule has 126 valence electrons. The van der Waals surface area contributed by atoms with Crippen molar-refractivity contribution < 1.29 is 22.7 Å². The van der Waals surface area contributed by atoms with Crippen molar-refractivity contribution in [3.8, 4) is 5.75 Å². The number of carbonyl (C=O) groups is 1. The van der Waals surface area contributed by atoms with E-state index in [0.717, 1.165) is 24.2 Å². The predicted molar refractivity (Wildman–Crippen MR) is 83.8 cm³/mol. The van der Waals surface area contributed by atoms with E-state index >= 15 is 0 Å². The first kappa shape index (κ1) is 16.3. The van der Waals surface area contributed by atoms with Gasteiger partial charge >= 0.3 is 5.97 Å². The smallest absolute Gasteiger partial charge is 0.324 e. The Labute approximate surface area is 136 Å². The summed E-state index contributed by atoms with van der Waals surface area (Å²) in [4.78, 5) is 12.3. The van der Waals surface area contributed by atoms with Crippen LogP contribution in [0.3, 0.4) is 0 Å². The molecule has 0 amide bonds. The molecule has 1 aromatic rings. The molecule has 1 fully saturated rings. The van der Waals surface area contributed by atoms with Crippen LogP contribution in [-0.4, -0.2) is 44.5 Å². The lowest BCUT2D eigenvalue weighted by molar-refractivity contribution is -0.148. The molecule has 0 bridgehead atoms. The number of carbonyl (C=O) groups excluding carboxylic acids is 1. The minimum Gasteiger partial charge on any atom is -0.493 e. The molecule has 0 unspecified atom stereocenters. The summed E-state index contributed by atoms with van der Waals surface area (Å²) in [5, 5.41) is 0. The molecule has 1 atom stereocenters. The van der Waals surface area contributed by atoms with E-state index in [2.05, 4.69) is 0 Å². The van der Waals surface area contributed by atoms with Crippen LogP contribution in [0.2, 0.25) is 0 Å². The molecular weight excluding hydrogens is 318 g/mol. The summed E-state index contributed by atoms with van der Waals surface area (Å²) in [5.74, 6) is 0.282. The van der Waals surface area contributed by atoms with Gasteiger partial charge in [0, 0.05) is 13.0 Å². The molecule has 2 heterocycles. The Kier molecular flexibility index (Phi) is 4.59. The summed E-state index contributed by atoms with van der Waals surface area (Å²) in [5.41, 5.74) is 0.899. The quantitative estimate of drug-likeness (QED) is 0.781. The standard InChI is InChI=1S/C16H21NO5S/c1-2-21-16(18)14-5-3-4-9-17(14)23(19,20)13-6-7-15-12(11-13)8-10-22-15/h6-7,11,14H,2-5,8-10H2,1H3/t14-/m0/s1. The molecule has 23 heavy (non-hydrogen) atoms. The van der Waals surface area contributed by atoms with Crippen LogP contribution in [0.1, 0.15) is 31.7 Å². The van der Waals surface area contributed by atoms with Gasteiger partial charge in [0.1, 0.15) is 11.8 Å². The number of hydrogen-bond donors (Lipinski definition) is 0. The molecule has 0 saturated carbocycles. The number of esters is 1. The van der Waals surface area contributed by atoms with Crippen LogP contribution in [0.15, 0.2) is 23.1 Å². The topological polar surface area (TPSA) is 72.9 Å².